The van der Waals surface area contributed by atoms with Crippen molar-refractivity contribution in [2.75, 3.05) is 37.6 Å². The fourth-order valence-corrected chi connectivity index (χ4v) is 4.69. The Morgan fingerprint density at radius 2 is 1.63 bits per heavy atom. The maximum Gasteiger partial charge on any atom is 0.417 e. The van der Waals surface area contributed by atoms with Crippen LogP contribution >= 0.6 is 0 Å². The van der Waals surface area contributed by atoms with Crippen LogP contribution in [0.25, 0.3) is 0 Å². The topological polar surface area (TPSA) is 73.8 Å². The average Bonchev–Trinajstić information content (AvgIpc) is 3.15. The number of hydrogen-bond donors (Lipinski definition) is 0. The van der Waals surface area contributed by atoms with Crippen molar-refractivity contribution in [1.29, 1.82) is 0 Å². The highest BCUT2D eigenvalue weighted by Crippen LogP contribution is 2.33. The summed E-state index contributed by atoms with van der Waals surface area (Å²) in [6, 6.07) is 12.9. The summed E-state index contributed by atoms with van der Waals surface area (Å²) in [4.78, 5) is 47.0. The van der Waals surface area contributed by atoms with Gasteiger partial charge in [0.05, 0.1) is 28.6 Å². The molecule has 0 bridgehead atoms. The van der Waals surface area contributed by atoms with Crippen molar-refractivity contribution >= 4 is 23.4 Å². The highest BCUT2D eigenvalue weighted by Gasteiger charge is 2.39. The van der Waals surface area contributed by atoms with E-state index in [0.29, 0.717) is 30.3 Å². The van der Waals surface area contributed by atoms with E-state index in [1.54, 1.807) is 6.07 Å². The lowest BCUT2D eigenvalue weighted by Crippen LogP contribution is -2.49. The first kappa shape index (κ1) is 25.4. The number of benzene rings is 2. The number of aromatic nitrogens is 1. The van der Waals surface area contributed by atoms with Gasteiger partial charge in [-0.2, -0.15) is 13.2 Å². The van der Waals surface area contributed by atoms with E-state index in [1.165, 1.54) is 16.0 Å². The van der Waals surface area contributed by atoms with Gasteiger partial charge in [-0.3, -0.25) is 19.3 Å². The van der Waals surface area contributed by atoms with Gasteiger partial charge in [-0.15, -0.1) is 0 Å². The minimum Gasteiger partial charge on any atom is -0.367 e. The minimum absolute atomic E-state index is 0.0754. The van der Waals surface area contributed by atoms with Crippen LogP contribution in [0.15, 0.2) is 60.8 Å². The predicted octanol–water partition coefficient (Wildman–Crippen LogP) is 4.04. The summed E-state index contributed by atoms with van der Waals surface area (Å²) in [6.07, 6.45) is -2.82. The standard InChI is InChI=1S/C27H22F4N4O3/c28-18-6-7-22(27(29,30)31)20(14-18)24(36)34-12-10-33(11-13-34)19-15-21-23(32-16-19)26(38)35(25(21)37)9-8-17-4-2-1-3-5-17/h1-7,14-16H,8-13H2. The van der Waals surface area contributed by atoms with Crippen LogP contribution in [0.3, 0.4) is 0 Å². The first-order valence-corrected chi connectivity index (χ1v) is 11.9. The molecule has 11 heteroatoms. The van der Waals surface area contributed by atoms with Gasteiger partial charge < -0.3 is 9.80 Å². The third-order valence-electron chi connectivity index (χ3n) is 6.71. The van der Waals surface area contributed by atoms with E-state index < -0.39 is 40.8 Å². The maximum absolute atomic E-state index is 13.7. The summed E-state index contributed by atoms with van der Waals surface area (Å²) in [7, 11) is 0. The summed E-state index contributed by atoms with van der Waals surface area (Å²) in [5.41, 5.74) is -0.103. The van der Waals surface area contributed by atoms with Crippen LogP contribution in [0.2, 0.25) is 0 Å². The Bertz CT molecular complexity index is 1400. The molecule has 3 heterocycles. The lowest BCUT2D eigenvalue weighted by molar-refractivity contribution is -0.138. The molecule has 0 N–H and O–H groups in total. The third-order valence-corrected chi connectivity index (χ3v) is 6.71. The van der Waals surface area contributed by atoms with Crippen LogP contribution in [-0.2, 0) is 12.6 Å². The van der Waals surface area contributed by atoms with Crippen LogP contribution in [0.4, 0.5) is 23.2 Å². The fraction of sp³-hybridized carbons (Fsp3) is 0.259. The number of carbonyl (C=O) groups excluding carboxylic acids is 3. The Morgan fingerprint density at radius 1 is 0.921 bits per heavy atom. The number of alkyl halides is 3. The van der Waals surface area contributed by atoms with Crippen LogP contribution in [0.1, 0.15) is 42.3 Å². The number of amides is 3. The molecule has 1 aromatic heterocycles. The molecule has 0 radical (unpaired) electrons. The second-order valence-corrected chi connectivity index (χ2v) is 9.05. The summed E-state index contributed by atoms with van der Waals surface area (Å²) in [6.45, 7) is 0.888. The van der Waals surface area contributed by atoms with Crippen LogP contribution in [0.5, 0.6) is 0 Å². The van der Waals surface area contributed by atoms with Gasteiger partial charge in [-0.1, -0.05) is 30.3 Å². The molecule has 0 aliphatic carbocycles. The molecule has 5 rings (SSSR count). The van der Waals surface area contributed by atoms with Crippen molar-refractivity contribution in [1.82, 2.24) is 14.8 Å². The van der Waals surface area contributed by atoms with Crippen molar-refractivity contribution in [3.8, 4) is 0 Å². The Kier molecular flexibility index (Phi) is 6.60. The molecule has 2 aliphatic rings. The second kappa shape index (κ2) is 9.88. The van der Waals surface area contributed by atoms with E-state index in [2.05, 4.69) is 4.98 Å². The van der Waals surface area contributed by atoms with E-state index >= 15 is 0 Å². The maximum atomic E-state index is 13.7. The number of fused-ring (bicyclic) bond motifs is 1. The molecular weight excluding hydrogens is 504 g/mol. The number of anilines is 1. The summed E-state index contributed by atoms with van der Waals surface area (Å²) in [5.74, 6) is -2.73. The lowest BCUT2D eigenvalue weighted by atomic mass is 10.0. The van der Waals surface area contributed by atoms with Crippen molar-refractivity contribution in [3.63, 3.8) is 0 Å². The van der Waals surface area contributed by atoms with Crippen LogP contribution in [0, 0.1) is 5.82 Å². The predicted molar refractivity (Wildman–Crippen MR) is 129 cm³/mol. The summed E-state index contributed by atoms with van der Waals surface area (Å²) >= 11 is 0. The van der Waals surface area contributed by atoms with Crippen LogP contribution in [-0.4, -0.2) is 65.2 Å². The molecule has 2 aromatic carbocycles. The molecule has 2 aliphatic heterocycles. The van der Waals surface area contributed by atoms with E-state index in [0.717, 1.165) is 5.56 Å². The third kappa shape index (κ3) is 4.83. The number of pyridine rings is 1. The highest BCUT2D eigenvalue weighted by molar-refractivity contribution is 6.20. The Hall–Kier alpha value is -4.28. The smallest absolute Gasteiger partial charge is 0.367 e. The normalized spacial score (nSPS) is 15.7. The number of nitrogens with zero attached hydrogens (tertiary/aromatic N) is 4. The number of rotatable bonds is 5. The first-order valence-electron chi connectivity index (χ1n) is 11.9. The average molecular weight is 526 g/mol. The van der Waals surface area contributed by atoms with Gasteiger partial charge in [0.2, 0.25) is 0 Å². The molecule has 196 valence electrons. The van der Waals surface area contributed by atoms with Gasteiger partial charge in [-0.25, -0.2) is 9.37 Å². The van der Waals surface area contributed by atoms with Gasteiger partial charge in [0.15, 0.2) is 0 Å². The molecule has 1 fully saturated rings. The van der Waals surface area contributed by atoms with E-state index in [4.69, 9.17) is 0 Å². The van der Waals surface area contributed by atoms with Gasteiger partial charge in [0, 0.05) is 32.7 Å². The number of piperazine rings is 1. The van der Waals surface area contributed by atoms with Crippen molar-refractivity contribution < 1.29 is 31.9 Å². The highest BCUT2D eigenvalue weighted by atomic mass is 19.4. The van der Waals surface area contributed by atoms with Gasteiger partial charge in [-0.05, 0) is 36.2 Å². The van der Waals surface area contributed by atoms with Gasteiger partial charge >= 0.3 is 6.18 Å². The zero-order valence-electron chi connectivity index (χ0n) is 20.0. The minimum atomic E-state index is -4.80. The second-order valence-electron chi connectivity index (χ2n) is 9.05. The van der Waals surface area contributed by atoms with Crippen molar-refractivity contribution in [3.05, 3.63) is 94.6 Å². The number of imide groups is 1. The molecule has 3 aromatic rings. The molecule has 1 saturated heterocycles. The molecule has 38 heavy (non-hydrogen) atoms. The van der Waals surface area contributed by atoms with Gasteiger partial charge in [0.1, 0.15) is 11.5 Å². The van der Waals surface area contributed by atoms with Gasteiger partial charge in [0.25, 0.3) is 17.7 Å². The summed E-state index contributed by atoms with van der Waals surface area (Å²) in [5, 5.41) is 0. The summed E-state index contributed by atoms with van der Waals surface area (Å²) < 4.78 is 53.7. The van der Waals surface area contributed by atoms with Crippen molar-refractivity contribution in [2.24, 2.45) is 0 Å². The first-order chi connectivity index (χ1) is 18.1. The zero-order valence-corrected chi connectivity index (χ0v) is 20.0. The molecule has 0 saturated carbocycles. The number of hydrogen-bond acceptors (Lipinski definition) is 5. The van der Waals surface area contributed by atoms with E-state index in [-0.39, 0.29) is 44.0 Å². The fourth-order valence-electron chi connectivity index (χ4n) is 4.69. The lowest BCUT2D eigenvalue weighted by Gasteiger charge is -2.36. The molecular formula is C27H22F4N4O3. The Balaban J connectivity index is 1.26. The number of carbonyl (C=O) groups is 3. The monoisotopic (exact) mass is 526 g/mol. The molecule has 0 atom stereocenters. The molecule has 0 spiro atoms. The van der Waals surface area contributed by atoms with E-state index in [1.807, 2.05) is 35.2 Å². The zero-order chi connectivity index (χ0) is 27.0. The quantitative estimate of drug-likeness (QED) is 0.371. The Labute approximate surface area is 215 Å². The van der Waals surface area contributed by atoms with Crippen molar-refractivity contribution in [2.45, 2.75) is 12.6 Å². The molecule has 3 amide bonds. The number of halogens is 4. The molecule has 0 unspecified atom stereocenters. The largest absolute Gasteiger partial charge is 0.417 e. The Morgan fingerprint density at radius 3 is 2.32 bits per heavy atom. The van der Waals surface area contributed by atoms with E-state index in [9.17, 15) is 31.9 Å². The van der Waals surface area contributed by atoms with Crippen LogP contribution < -0.4 is 4.90 Å². The SMILES string of the molecule is O=C(c1cc(F)ccc1C(F)(F)F)N1CCN(c2cnc3c(c2)C(=O)N(CCc2ccccc2)C3=O)CC1. The molecule has 7 nitrogen and oxygen atoms in total.